The lowest BCUT2D eigenvalue weighted by Gasteiger charge is -2.48. The molecule has 1 saturated carbocycles. The Morgan fingerprint density at radius 2 is 1.76 bits per heavy atom. The van der Waals surface area contributed by atoms with Crippen LogP contribution in [0.4, 0.5) is 13.2 Å². The highest BCUT2D eigenvalue weighted by molar-refractivity contribution is 6.11. The molecule has 0 unspecified atom stereocenters. The van der Waals surface area contributed by atoms with Crippen LogP contribution >= 0.6 is 0 Å². The number of hydrogen-bond donors (Lipinski definition) is 1. The Hall–Kier alpha value is -1.60. The first-order valence-corrected chi connectivity index (χ1v) is 6.50. The number of rotatable bonds is 2. The smallest absolute Gasteiger partial charge is 0.392 e. The van der Waals surface area contributed by atoms with Crippen LogP contribution in [0.1, 0.15) is 33.6 Å². The molecule has 2 rings (SSSR count). The Kier molecular flexibility index (Phi) is 3.16. The maximum Gasteiger partial charge on any atom is 0.405 e. The first-order chi connectivity index (χ1) is 9.38. The SMILES string of the molecule is CC1(C)[C@]2(C(=O)NCC(F)(F)F)CC[C@@]1(C)C(=O)OC2=O. The van der Waals surface area contributed by atoms with E-state index in [9.17, 15) is 27.6 Å². The molecule has 1 amide bonds. The van der Waals surface area contributed by atoms with E-state index in [-0.39, 0.29) is 12.8 Å². The molecule has 1 N–H and O–H groups in total. The standard InChI is InChI=1S/C13H16F3NO4/c1-10(2)11(3)4-5-12(10,9(20)21-8(11)19)7(18)17-6-13(14,15)16/h4-6H2,1-3H3,(H,17,18)/t11-,12-/m0/s1. The third kappa shape index (κ3) is 1.87. The summed E-state index contributed by atoms with van der Waals surface area (Å²) in [4.78, 5) is 36.3. The maximum absolute atomic E-state index is 12.3. The number of alkyl halides is 3. The van der Waals surface area contributed by atoms with Crippen LogP contribution in [-0.2, 0) is 19.1 Å². The van der Waals surface area contributed by atoms with Gasteiger partial charge in [0, 0.05) is 5.41 Å². The van der Waals surface area contributed by atoms with Crippen LogP contribution in [0, 0.1) is 16.2 Å². The zero-order chi connectivity index (χ0) is 16.3. The summed E-state index contributed by atoms with van der Waals surface area (Å²) in [5.41, 5.74) is -3.96. The molecule has 5 nitrogen and oxygen atoms in total. The zero-order valence-corrected chi connectivity index (χ0v) is 11.9. The molecule has 2 atom stereocenters. The Morgan fingerprint density at radius 3 is 2.29 bits per heavy atom. The van der Waals surface area contributed by atoms with Gasteiger partial charge < -0.3 is 10.1 Å². The van der Waals surface area contributed by atoms with Crippen molar-refractivity contribution < 1.29 is 32.3 Å². The van der Waals surface area contributed by atoms with E-state index in [2.05, 4.69) is 4.74 Å². The third-order valence-electron chi connectivity index (χ3n) is 5.27. The Morgan fingerprint density at radius 1 is 1.19 bits per heavy atom. The van der Waals surface area contributed by atoms with E-state index in [0.29, 0.717) is 0 Å². The summed E-state index contributed by atoms with van der Waals surface area (Å²) in [6.45, 7) is 3.14. The summed E-state index contributed by atoms with van der Waals surface area (Å²) in [7, 11) is 0. The lowest BCUT2D eigenvalue weighted by Crippen LogP contribution is -2.62. The molecule has 118 valence electrons. The van der Waals surface area contributed by atoms with Gasteiger partial charge in [-0.2, -0.15) is 13.2 Å². The van der Waals surface area contributed by atoms with E-state index in [4.69, 9.17) is 0 Å². The quantitative estimate of drug-likeness (QED) is 0.621. The number of halogens is 3. The highest BCUT2D eigenvalue weighted by Crippen LogP contribution is 2.66. The van der Waals surface area contributed by atoms with Crippen LogP contribution in [0.15, 0.2) is 0 Å². The Labute approximate surface area is 119 Å². The van der Waals surface area contributed by atoms with Crippen LogP contribution in [0.5, 0.6) is 0 Å². The van der Waals surface area contributed by atoms with Crippen molar-refractivity contribution in [2.45, 2.75) is 39.8 Å². The molecular weight excluding hydrogens is 291 g/mol. The number of cyclic esters (lactones) is 2. The van der Waals surface area contributed by atoms with Gasteiger partial charge in [-0.25, -0.2) is 0 Å². The second-order valence-corrected chi connectivity index (χ2v) is 6.34. The van der Waals surface area contributed by atoms with E-state index >= 15 is 0 Å². The summed E-state index contributed by atoms with van der Waals surface area (Å²) in [6, 6.07) is 0. The molecule has 0 radical (unpaired) electrons. The summed E-state index contributed by atoms with van der Waals surface area (Å²) in [6.07, 6.45) is -4.37. The predicted molar refractivity (Wildman–Crippen MR) is 63.7 cm³/mol. The van der Waals surface area contributed by atoms with E-state index in [0.717, 1.165) is 0 Å². The largest absolute Gasteiger partial charge is 0.405 e. The first-order valence-electron chi connectivity index (χ1n) is 6.50. The van der Waals surface area contributed by atoms with Gasteiger partial charge in [0.1, 0.15) is 6.54 Å². The Bertz CT molecular complexity index is 528. The minimum atomic E-state index is -4.58. The molecule has 1 aliphatic heterocycles. The van der Waals surface area contributed by atoms with Crippen LogP contribution < -0.4 is 5.32 Å². The average molecular weight is 307 g/mol. The molecular formula is C13H16F3NO4. The molecule has 1 heterocycles. The summed E-state index contributed by atoms with van der Waals surface area (Å²) in [5.74, 6) is -2.83. The van der Waals surface area contributed by atoms with E-state index in [1.165, 1.54) is 0 Å². The number of esters is 2. The molecule has 2 bridgehead atoms. The van der Waals surface area contributed by atoms with Gasteiger partial charge in [0.2, 0.25) is 5.91 Å². The molecule has 0 aromatic carbocycles. The summed E-state index contributed by atoms with van der Waals surface area (Å²) >= 11 is 0. The lowest BCUT2D eigenvalue weighted by atomic mass is 9.57. The van der Waals surface area contributed by atoms with Crippen molar-refractivity contribution in [2.24, 2.45) is 16.2 Å². The Balaban J connectivity index is 2.38. The second-order valence-electron chi connectivity index (χ2n) is 6.34. The zero-order valence-electron chi connectivity index (χ0n) is 11.9. The topological polar surface area (TPSA) is 72.5 Å². The first kappa shape index (κ1) is 15.8. The van der Waals surface area contributed by atoms with Gasteiger partial charge in [-0.3, -0.25) is 14.4 Å². The lowest BCUT2D eigenvalue weighted by molar-refractivity contribution is -0.197. The molecule has 0 aromatic rings. The van der Waals surface area contributed by atoms with Gasteiger partial charge >= 0.3 is 18.1 Å². The monoisotopic (exact) mass is 307 g/mol. The van der Waals surface area contributed by atoms with Gasteiger partial charge in [-0.15, -0.1) is 0 Å². The van der Waals surface area contributed by atoms with E-state index < -0.39 is 46.8 Å². The molecule has 1 saturated heterocycles. The normalized spacial score (nSPS) is 34.6. The van der Waals surface area contributed by atoms with Gasteiger partial charge in [-0.1, -0.05) is 13.8 Å². The third-order valence-corrected chi connectivity index (χ3v) is 5.27. The van der Waals surface area contributed by atoms with Gasteiger partial charge in [0.15, 0.2) is 5.41 Å². The van der Waals surface area contributed by atoms with Crippen LogP contribution in [0.2, 0.25) is 0 Å². The predicted octanol–water partition coefficient (Wildman–Crippen LogP) is 1.56. The number of hydrogen-bond acceptors (Lipinski definition) is 4. The van der Waals surface area contributed by atoms with Crippen molar-refractivity contribution >= 4 is 17.8 Å². The van der Waals surface area contributed by atoms with E-state index in [1.54, 1.807) is 26.1 Å². The van der Waals surface area contributed by atoms with Crippen molar-refractivity contribution in [3.63, 3.8) is 0 Å². The van der Waals surface area contributed by atoms with Crippen molar-refractivity contribution in [1.29, 1.82) is 0 Å². The number of nitrogens with one attached hydrogen (secondary N) is 1. The fourth-order valence-electron chi connectivity index (χ4n) is 3.35. The average Bonchev–Trinajstić information content (AvgIpc) is 2.48. The summed E-state index contributed by atoms with van der Waals surface area (Å²) < 4.78 is 41.4. The van der Waals surface area contributed by atoms with Gasteiger partial charge in [0.25, 0.3) is 0 Å². The van der Waals surface area contributed by atoms with Gasteiger partial charge in [0.05, 0.1) is 5.41 Å². The second kappa shape index (κ2) is 4.20. The van der Waals surface area contributed by atoms with Crippen LogP contribution in [0.3, 0.4) is 0 Å². The fourth-order valence-corrected chi connectivity index (χ4v) is 3.35. The fraction of sp³-hybridized carbons (Fsp3) is 0.769. The molecule has 0 aromatic heterocycles. The van der Waals surface area contributed by atoms with Crippen molar-refractivity contribution in [2.75, 3.05) is 6.54 Å². The molecule has 0 spiro atoms. The molecule has 2 aliphatic rings. The number of ether oxygens (including phenoxy) is 1. The van der Waals surface area contributed by atoms with Crippen molar-refractivity contribution in [3.05, 3.63) is 0 Å². The highest BCUT2D eigenvalue weighted by atomic mass is 19.4. The van der Waals surface area contributed by atoms with Crippen LogP contribution in [-0.4, -0.2) is 30.6 Å². The highest BCUT2D eigenvalue weighted by Gasteiger charge is 2.75. The number of fused-ring (bicyclic) bond motifs is 2. The van der Waals surface area contributed by atoms with Crippen molar-refractivity contribution in [3.8, 4) is 0 Å². The van der Waals surface area contributed by atoms with E-state index in [1.807, 2.05) is 0 Å². The maximum atomic E-state index is 12.3. The van der Waals surface area contributed by atoms with Crippen molar-refractivity contribution in [1.82, 2.24) is 5.32 Å². The number of carbonyl (C=O) groups excluding carboxylic acids is 3. The van der Waals surface area contributed by atoms with Crippen LogP contribution in [0.25, 0.3) is 0 Å². The summed E-state index contributed by atoms with van der Waals surface area (Å²) in [5, 5.41) is 1.75. The molecule has 8 heteroatoms. The molecule has 21 heavy (non-hydrogen) atoms. The number of amides is 1. The minimum absolute atomic E-state index is 0.00916. The van der Waals surface area contributed by atoms with Gasteiger partial charge in [-0.05, 0) is 19.8 Å². The minimum Gasteiger partial charge on any atom is -0.392 e. The molecule has 1 aliphatic carbocycles. The number of carbonyl (C=O) groups is 3. The molecule has 2 fully saturated rings.